The fourth-order valence-corrected chi connectivity index (χ4v) is 1.92. The normalized spacial score (nSPS) is 22.9. The van der Waals surface area contributed by atoms with E-state index < -0.39 is 0 Å². The Morgan fingerprint density at radius 3 is 2.62 bits per heavy atom. The van der Waals surface area contributed by atoms with Gasteiger partial charge in [-0.3, -0.25) is 14.5 Å². The minimum absolute atomic E-state index is 0.0859. The zero-order valence-corrected chi connectivity index (χ0v) is 10.2. The molecule has 0 aromatic rings. The molecule has 5 heteroatoms. The summed E-state index contributed by atoms with van der Waals surface area (Å²) in [4.78, 5) is 24.6. The van der Waals surface area contributed by atoms with Gasteiger partial charge >= 0.3 is 0 Å². The zero-order valence-electron chi connectivity index (χ0n) is 10.2. The number of hydrogen-bond acceptors (Lipinski definition) is 4. The molecule has 0 aliphatic carbocycles. The molecule has 1 heterocycles. The van der Waals surface area contributed by atoms with Crippen molar-refractivity contribution in [2.45, 2.75) is 38.8 Å². The molecule has 92 valence electrons. The Labute approximate surface area is 96.1 Å². The average molecular weight is 228 g/mol. The summed E-state index contributed by atoms with van der Waals surface area (Å²) in [5, 5.41) is 3.17. The van der Waals surface area contributed by atoms with Crippen molar-refractivity contribution < 1.29 is 14.3 Å². The van der Waals surface area contributed by atoms with Crippen LogP contribution in [0.1, 0.15) is 26.7 Å². The maximum atomic E-state index is 11.8. The van der Waals surface area contributed by atoms with Crippen LogP contribution in [0.25, 0.3) is 0 Å². The van der Waals surface area contributed by atoms with Crippen molar-refractivity contribution in [3.63, 3.8) is 0 Å². The summed E-state index contributed by atoms with van der Waals surface area (Å²) < 4.78 is 5.05. The maximum absolute atomic E-state index is 11.8. The highest BCUT2D eigenvalue weighted by atomic mass is 16.5. The first-order valence-electron chi connectivity index (χ1n) is 5.73. The minimum atomic E-state index is -0.368. The van der Waals surface area contributed by atoms with Gasteiger partial charge in [0.2, 0.25) is 11.8 Å². The Kier molecular flexibility index (Phi) is 4.89. The number of hydrogen-bond donors (Lipinski definition) is 1. The summed E-state index contributed by atoms with van der Waals surface area (Å²) in [6.45, 7) is 4.84. The molecule has 16 heavy (non-hydrogen) atoms. The smallest absolute Gasteiger partial charge is 0.246 e. The molecule has 0 radical (unpaired) electrons. The van der Waals surface area contributed by atoms with Gasteiger partial charge in [0.15, 0.2) is 0 Å². The van der Waals surface area contributed by atoms with Crippen LogP contribution in [0.5, 0.6) is 0 Å². The lowest BCUT2D eigenvalue weighted by molar-refractivity contribution is -0.138. The van der Waals surface area contributed by atoms with Crippen LogP contribution in [0.15, 0.2) is 0 Å². The molecular weight excluding hydrogens is 208 g/mol. The molecule has 1 N–H and O–H groups in total. The number of imide groups is 1. The molecule has 2 unspecified atom stereocenters. The van der Waals surface area contributed by atoms with E-state index in [4.69, 9.17) is 4.74 Å². The standard InChI is InChI=1S/C11H20N2O3/c1-4-8(7-16-3)12-9-6-10(14)13(5-2)11(9)15/h8-9,12H,4-7H2,1-3H3. The van der Waals surface area contributed by atoms with Crippen molar-refractivity contribution in [1.29, 1.82) is 0 Å². The zero-order chi connectivity index (χ0) is 12.1. The quantitative estimate of drug-likeness (QED) is 0.657. The second-order valence-electron chi connectivity index (χ2n) is 3.96. The van der Waals surface area contributed by atoms with E-state index in [9.17, 15) is 9.59 Å². The third-order valence-corrected chi connectivity index (χ3v) is 2.86. The lowest BCUT2D eigenvalue weighted by atomic mass is 10.1. The van der Waals surface area contributed by atoms with Gasteiger partial charge in [-0.1, -0.05) is 6.92 Å². The molecule has 1 saturated heterocycles. The lowest BCUT2D eigenvalue weighted by Crippen LogP contribution is -2.45. The minimum Gasteiger partial charge on any atom is -0.383 e. The molecule has 1 fully saturated rings. The summed E-state index contributed by atoms with van der Waals surface area (Å²) in [7, 11) is 1.63. The van der Waals surface area contributed by atoms with E-state index in [1.54, 1.807) is 7.11 Å². The van der Waals surface area contributed by atoms with Gasteiger partial charge in [-0.25, -0.2) is 0 Å². The molecule has 5 nitrogen and oxygen atoms in total. The number of carbonyl (C=O) groups excluding carboxylic acids is 2. The summed E-state index contributed by atoms with van der Waals surface area (Å²) in [6.07, 6.45) is 1.14. The molecule has 0 saturated carbocycles. The molecule has 2 amide bonds. The van der Waals surface area contributed by atoms with Crippen molar-refractivity contribution in [3.8, 4) is 0 Å². The first kappa shape index (κ1) is 13.1. The van der Waals surface area contributed by atoms with Crippen molar-refractivity contribution >= 4 is 11.8 Å². The van der Waals surface area contributed by atoms with Crippen LogP contribution in [0.3, 0.4) is 0 Å². The van der Waals surface area contributed by atoms with E-state index in [2.05, 4.69) is 5.32 Å². The monoisotopic (exact) mass is 228 g/mol. The van der Waals surface area contributed by atoms with Gasteiger partial charge in [-0.05, 0) is 13.3 Å². The van der Waals surface area contributed by atoms with Gasteiger partial charge in [0.1, 0.15) is 0 Å². The van der Waals surface area contributed by atoms with Crippen LogP contribution in [-0.2, 0) is 14.3 Å². The number of carbonyl (C=O) groups is 2. The van der Waals surface area contributed by atoms with E-state index in [0.29, 0.717) is 13.2 Å². The van der Waals surface area contributed by atoms with E-state index in [1.165, 1.54) is 4.90 Å². The highest BCUT2D eigenvalue weighted by Gasteiger charge is 2.38. The Morgan fingerprint density at radius 2 is 2.19 bits per heavy atom. The Bertz CT molecular complexity index is 268. The molecule has 0 aromatic carbocycles. The summed E-state index contributed by atoms with van der Waals surface area (Å²) in [5.74, 6) is -0.195. The van der Waals surface area contributed by atoms with Gasteiger partial charge in [-0.2, -0.15) is 0 Å². The molecule has 1 aliphatic heterocycles. The second-order valence-corrected chi connectivity index (χ2v) is 3.96. The Hall–Kier alpha value is -0.940. The predicted molar refractivity (Wildman–Crippen MR) is 59.9 cm³/mol. The first-order chi connectivity index (χ1) is 7.63. The summed E-state index contributed by atoms with van der Waals surface area (Å²) in [5.41, 5.74) is 0. The van der Waals surface area contributed by atoms with Crippen LogP contribution >= 0.6 is 0 Å². The van der Waals surface area contributed by atoms with E-state index in [-0.39, 0.29) is 30.3 Å². The number of likely N-dealkylation sites (N-methyl/N-ethyl adjacent to an activating group) is 1. The number of nitrogens with zero attached hydrogens (tertiary/aromatic N) is 1. The SMILES string of the molecule is CCC(COC)NC1CC(=O)N(CC)C1=O. The number of likely N-dealkylation sites (tertiary alicyclic amines) is 1. The van der Waals surface area contributed by atoms with E-state index >= 15 is 0 Å². The van der Waals surface area contributed by atoms with Crippen LogP contribution in [-0.4, -0.2) is 49.1 Å². The number of ether oxygens (including phenoxy) is 1. The number of amides is 2. The van der Waals surface area contributed by atoms with Crippen LogP contribution in [0.4, 0.5) is 0 Å². The van der Waals surface area contributed by atoms with Crippen molar-refractivity contribution in [2.75, 3.05) is 20.3 Å². The van der Waals surface area contributed by atoms with Crippen molar-refractivity contribution in [1.82, 2.24) is 10.2 Å². The summed E-state index contributed by atoms with van der Waals surface area (Å²) in [6, 6.07) is -0.240. The highest BCUT2D eigenvalue weighted by molar-refractivity contribution is 6.05. The largest absolute Gasteiger partial charge is 0.383 e. The van der Waals surface area contributed by atoms with Crippen molar-refractivity contribution in [2.24, 2.45) is 0 Å². The Balaban J connectivity index is 2.55. The maximum Gasteiger partial charge on any atom is 0.246 e. The molecule has 0 spiro atoms. The molecule has 1 rings (SSSR count). The lowest BCUT2D eigenvalue weighted by Gasteiger charge is -2.19. The predicted octanol–water partition coefficient (Wildman–Crippen LogP) is 0.148. The Morgan fingerprint density at radius 1 is 1.50 bits per heavy atom. The third kappa shape index (κ3) is 2.80. The topological polar surface area (TPSA) is 58.6 Å². The van der Waals surface area contributed by atoms with Crippen LogP contribution in [0, 0.1) is 0 Å². The second kappa shape index (κ2) is 5.96. The van der Waals surface area contributed by atoms with E-state index in [1.807, 2.05) is 13.8 Å². The molecule has 0 aromatic heterocycles. The molecular formula is C11H20N2O3. The molecule has 1 aliphatic rings. The van der Waals surface area contributed by atoms with E-state index in [0.717, 1.165) is 6.42 Å². The van der Waals surface area contributed by atoms with Crippen LogP contribution in [0.2, 0.25) is 0 Å². The van der Waals surface area contributed by atoms with Crippen LogP contribution < -0.4 is 5.32 Å². The fourth-order valence-electron chi connectivity index (χ4n) is 1.92. The fraction of sp³-hybridized carbons (Fsp3) is 0.818. The van der Waals surface area contributed by atoms with Crippen molar-refractivity contribution in [3.05, 3.63) is 0 Å². The number of methoxy groups -OCH3 is 1. The van der Waals surface area contributed by atoms with Gasteiger partial charge in [0.25, 0.3) is 0 Å². The first-order valence-corrected chi connectivity index (χ1v) is 5.73. The highest BCUT2D eigenvalue weighted by Crippen LogP contribution is 2.13. The number of nitrogens with one attached hydrogen (secondary N) is 1. The molecule has 0 bridgehead atoms. The van der Waals surface area contributed by atoms with Gasteiger partial charge in [0, 0.05) is 19.7 Å². The average Bonchev–Trinajstić information content (AvgIpc) is 2.53. The molecule has 2 atom stereocenters. The van der Waals surface area contributed by atoms with Gasteiger partial charge < -0.3 is 10.1 Å². The van der Waals surface area contributed by atoms with Gasteiger partial charge in [0.05, 0.1) is 19.1 Å². The third-order valence-electron chi connectivity index (χ3n) is 2.86. The number of rotatable bonds is 6. The van der Waals surface area contributed by atoms with Gasteiger partial charge in [-0.15, -0.1) is 0 Å². The summed E-state index contributed by atoms with van der Waals surface area (Å²) >= 11 is 0.